The van der Waals surface area contributed by atoms with E-state index < -0.39 is 0 Å². The molecular formula is C22H31NO3. The molecule has 0 aliphatic heterocycles. The fourth-order valence-electron chi connectivity index (χ4n) is 6.30. The molecule has 3 aliphatic rings. The van der Waals surface area contributed by atoms with Crippen molar-refractivity contribution >= 4 is 5.78 Å². The van der Waals surface area contributed by atoms with Crippen LogP contribution in [0.3, 0.4) is 0 Å². The van der Waals surface area contributed by atoms with Crippen molar-refractivity contribution in [1.29, 1.82) is 0 Å². The molecule has 0 amide bonds. The van der Waals surface area contributed by atoms with Crippen molar-refractivity contribution in [3.63, 3.8) is 0 Å². The zero-order valence-corrected chi connectivity index (χ0v) is 15.9. The summed E-state index contributed by atoms with van der Waals surface area (Å²) in [6, 6.07) is 5.87. The SMILES string of the molecule is CC(=O)CNC[C@@H]1C[C@@H]2C(CCC3(C)C(O)CC[C@@H]23)c2ccc(O)cc21. The first kappa shape index (κ1) is 18.0. The molecule has 3 aliphatic carbocycles. The van der Waals surface area contributed by atoms with Crippen LogP contribution < -0.4 is 5.32 Å². The Hall–Kier alpha value is -1.39. The lowest BCUT2D eigenvalue weighted by atomic mass is 9.54. The molecule has 0 aromatic heterocycles. The zero-order valence-electron chi connectivity index (χ0n) is 15.9. The fourth-order valence-corrected chi connectivity index (χ4v) is 6.30. The molecule has 2 saturated carbocycles. The van der Waals surface area contributed by atoms with E-state index in [1.54, 1.807) is 6.92 Å². The minimum atomic E-state index is -0.163. The molecule has 4 rings (SSSR count). The number of nitrogens with one attached hydrogen (secondary N) is 1. The maximum Gasteiger partial charge on any atom is 0.143 e. The van der Waals surface area contributed by atoms with Gasteiger partial charge in [-0.3, -0.25) is 4.79 Å². The van der Waals surface area contributed by atoms with E-state index in [0.29, 0.717) is 36.0 Å². The highest BCUT2D eigenvalue weighted by Gasteiger charge is 2.55. The van der Waals surface area contributed by atoms with Gasteiger partial charge < -0.3 is 15.5 Å². The van der Waals surface area contributed by atoms with Gasteiger partial charge in [0.2, 0.25) is 0 Å². The van der Waals surface area contributed by atoms with Crippen molar-refractivity contribution in [2.75, 3.05) is 13.1 Å². The predicted octanol–water partition coefficient (Wildman–Crippen LogP) is 3.33. The van der Waals surface area contributed by atoms with E-state index in [1.165, 1.54) is 11.1 Å². The average Bonchev–Trinajstić information content (AvgIpc) is 2.90. The van der Waals surface area contributed by atoms with E-state index in [1.807, 2.05) is 12.1 Å². The van der Waals surface area contributed by atoms with Crippen LogP contribution in [-0.2, 0) is 4.79 Å². The number of carbonyl (C=O) groups is 1. The second kappa shape index (κ2) is 6.65. The number of ketones is 1. The Morgan fingerprint density at radius 1 is 1.27 bits per heavy atom. The predicted molar refractivity (Wildman–Crippen MR) is 101 cm³/mol. The highest BCUT2D eigenvalue weighted by atomic mass is 16.3. The van der Waals surface area contributed by atoms with Crippen LogP contribution >= 0.6 is 0 Å². The van der Waals surface area contributed by atoms with Gasteiger partial charge in [-0.25, -0.2) is 0 Å². The van der Waals surface area contributed by atoms with Crippen molar-refractivity contribution in [3.8, 4) is 5.75 Å². The summed E-state index contributed by atoms with van der Waals surface area (Å²) in [6.45, 7) is 5.07. The summed E-state index contributed by atoms with van der Waals surface area (Å²) in [6.07, 6.45) is 5.19. The first-order chi connectivity index (χ1) is 12.4. The molecule has 0 heterocycles. The quantitative estimate of drug-likeness (QED) is 0.773. The van der Waals surface area contributed by atoms with Crippen LogP contribution in [0.1, 0.15) is 68.9 Å². The Bertz CT molecular complexity index is 703. The number of aliphatic hydroxyl groups excluding tert-OH is 1. The van der Waals surface area contributed by atoms with E-state index in [-0.39, 0.29) is 17.3 Å². The van der Waals surface area contributed by atoms with Crippen molar-refractivity contribution in [3.05, 3.63) is 29.3 Å². The molecule has 6 atom stereocenters. The van der Waals surface area contributed by atoms with Gasteiger partial charge in [-0.2, -0.15) is 0 Å². The van der Waals surface area contributed by atoms with Gasteiger partial charge in [-0.15, -0.1) is 0 Å². The van der Waals surface area contributed by atoms with Crippen LogP contribution in [0, 0.1) is 17.3 Å². The van der Waals surface area contributed by atoms with Gasteiger partial charge in [0.25, 0.3) is 0 Å². The molecule has 3 unspecified atom stereocenters. The second-order valence-corrected chi connectivity index (χ2v) is 9.09. The number of fused-ring (bicyclic) bond motifs is 5. The van der Waals surface area contributed by atoms with Crippen molar-refractivity contribution in [1.82, 2.24) is 5.32 Å². The largest absolute Gasteiger partial charge is 0.508 e. The van der Waals surface area contributed by atoms with E-state index in [9.17, 15) is 15.0 Å². The van der Waals surface area contributed by atoms with Crippen LogP contribution in [-0.4, -0.2) is 35.2 Å². The summed E-state index contributed by atoms with van der Waals surface area (Å²) < 4.78 is 0. The van der Waals surface area contributed by atoms with Gasteiger partial charge in [0.1, 0.15) is 11.5 Å². The maximum absolute atomic E-state index is 11.3. The van der Waals surface area contributed by atoms with Gasteiger partial charge in [0.05, 0.1) is 12.6 Å². The third-order valence-electron chi connectivity index (χ3n) is 7.62. The van der Waals surface area contributed by atoms with Crippen LogP contribution in [0.4, 0.5) is 0 Å². The first-order valence-corrected chi connectivity index (χ1v) is 10.1. The topological polar surface area (TPSA) is 69.6 Å². The minimum Gasteiger partial charge on any atom is -0.508 e. The number of aliphatic hydroxyl groups is 1. The lowest BCUT2D eigenvalue weighted by molar-refractivity contribution is -0.116. The molecule has 0 saturated heterocycles. The van der Waals surface area contributed by atoms with E-state index in [0.717, 1.165) is 38.6 Å². The van der Waals surface area contributed by atoms with E-state index in [2.05, 4.69) is 18.3 Å². The number of hydrogen-bond donors (Lipinski definition) is 3. The van der Waals surface area contributed by atoms with Crippen molar-refractivity contribution < 1.29 is 15.0 Å². The van der Waals surface area contributed by atoms with Gasteiger partial charge in [-0.05, 0) is 91.4 Å². The lowest BCUT2D eigenvalue weighted by Crippen LogP contribution is -2.45. The van der Waals surface area contributed by atoms with Crippen molar-refractivity contribution in [2.24, 2.45) is 17.3 Å². The number of phenolic OH excluding ortho intramolecular Hbond substituents is 1. The molecule has 0 bridgehead atoms. The van der Waals surface area contributed by atoms with Gasteiger partial charge in [0.15, 0.2) is 0 Å². The summed E-state index contributed by atoms with van der Waals surface area (Å²) in [5.41, 5.74) is 2.70. The molecule has 142 valence electrons. The van der Waals surface area contributed by atoms with Crippen LogP contribution in [0.15, 0.2) is 18.2 Å². The van der Waals surface area contributed by atoms with E-state index >= 15 is 0 Å². The number of benzene rings is 1. The first-order valence-electron chi connectivity index (χ1n) is 10.1. The highest BCUT2D eigenvalue weighted by Crippen LogP contribution is 2.62. The Labute approximate surface area is 156 Å². The standard InChI is InChI=1S/C22H31NO3/c1-13(24)11-23-12-14-9-19-17(16-4-3-15(25)10-18(14)16)7-8-22(2)20(19)5-6-21(22)26/h3-4,10,14,17,19-21,23,25-26H,5-9,11-12H2,1-2H3/t14-,17?,19+,20-,21?,22?/m0/s1. The second-order valence-electron chi connectivity index (χ2n) is 9.09. The van der Waals surface area contributed by atoms with Gasteiger partial charge in [0, 0.05) is 6.54 Å². The smallest absolute Gasteiger partial charge is 0.143 e. The zero-order chi connectivity index (χ0) is 18.5. The highest BCUT2D eigenvalue weighted by molar-refractivity contribution is 5.77. The summed E-state index contributed by atoms with van der Waals surface area (Å²) in [5.74, 6) is 2.51. The van der Waals surface area contributed by atoms with Crippen molar-refractivity contribution in [2.45, 2.75) is 63.9 Å². The number of Topliss-reactive ketones (excluding diaryl/α,β-unsaturated/α-hetero) is 1. The van der Waals surface area contributed by atoms with Crippen LogP contribution in [0.2, 0.25) is 0 Å². The summed E-state index contributed by atoms with van der Waals surface area (Å²) in [5, 5.41) is 23.9. The van der Waals surface area contributed by atoms with Crippen LogP contribution in [0.5, 0.6) is 5.75 Å². The number of hydrogen-bond acceptors (Lipinski definition) is 4. The van der Waals surface area contributed by atoms with Gasteiger partial charge in [-0.1, -0.05) is 13.0 Å². The Morgan fingerprint density at radius 2 is 2.08 bits per heavy atom. The molecular weight excluding hydrogens is 326 g/mol. The third-order valence-corrected chi connectivity index (χ3v) is 7.62. The average molecular weight is 357 g/mol. The third kappa shape index (κ3) is 2.87. The molecule has 26 heavy (non-hydrogen) atoms. The molecule has 2 fully saturated rings. The lowest BCUT2D eigenvalue weighted by Gasteiger charge is -2.51. The number of phenols is 1. The summed E-state index contributed by atoms with van der Waals surface area (Å²) in [4.78, 5) is 11.3. The number of carbonyl (C=O) groups excluding carboxylic acids is 1. The van der Waals surface area contributed by atoms with E-state index in [4.69, 9.17) is 0 Å². The summed E-state index contributed by atoms with van der Waals surface area (Å²) in [7, 11) is 0. The molecule has 4 heteroatoms. The normalized spacial score (nSPS) is 38.3. The number of rotatable bonds is 4. The Morgan fingerprint density at radius 3 is 2.85 bits per heavy atom. The molecule has 3 N–H and O–H groups in total. The maximum atomic E-state index is 11.3. The molecule has 1 aromatic rings. The minimum absolute atomic E-state index is 0.0625. The monoisotopic (exact) mass is 357 g/mol. The van der Waals surface area contributed by atoms with Gasteiger partial charge >= 0.3 is 0 Å². The summed E-state index contributed by atoms with van der Waals surface area (Å²) >= 11 is 0. The fraction of sp³-hybridized carbons (Fsp3) is 0.682. The molecule has 1 aromatic carbocycles. The molecule has 0 spiro atoms. The molecule has 4 nitrogen and oxygen atoms in total. The molecule has 0 radical (unpaired) electrons. The van der Waals surface area contributed by atoms with Crippen LogP contribution in [0.25, 0.3) is 0 Å². The Balaban J connectivity index is 1.65. The Kier molecular flexibility index (Phi) is 4.60. The number of aromatic hydroxyl groups is 1.